The van der Waals surface area contributed by atoms with Gasteiger partial charge in [-0.15, -0.1) is 13.2 Å². The lowest BCUT2D eigenvalue weighted by Crippen LogP contribution is -2.11. The van der Waals surface area contributed by atoms with Crippen LogP contribution in [0.2, 0.25) is 0 Å². The second-order valence-electron chi connectivity index (χ2n) is 1.24. The van der Waals surface area contributed by atoms with Crippen molar-refractivity contribution in [3.63, 3.8) is 0 Å². The van der Waals surface area contributed by atoms with Gasteiger partial charge in [0.2, 0.25) is 0 Å². The van der Waals surface area contributed by atoms with E-state index in [0.29, 0.717) is 0 Å². The van der Waals surface area contributed by atoms with Crippen molar-refractivity contribution in [3.8, 4) is 0 Å². The van der Waals surface area contributed by atoms with Gasteiger partial charge in [0.15, 0.2) is 0 Å². The highest BCUT2D eigenvalue weighted by Gasteiger charge is 1.69. The minimum Gasteiger partial charge on any atom is -0.310 e. The first-order chi connectivity index (χ1) is 3.41. The summed E-state index contributed by atoms with van der Waals surface area (Å²) in [6, 6.07) is 0. The van der Waals surface area contributed by atoms with Gasteiger partial charge in [-0.2, -0.15) is 9.90 Å². The quantitative estimate of drug-likeness (QED) is 0.341. The van der Waals surface area contributed by atoms with Gasteiger partial charge in [-0.1, -0.05) is 12.2 Å². The fourth-order valence-corrected chi connectivity index (χ4v) is 0.287. The molecular weight excluding hydrogens is 117 g/mol. The first-order valence-corrected chi connectivity index (χ1v) is 2.34. The molecule has 0 aromatic rings. The van der Waals surface area contributed by atoms with Crippen molar-refractivity contribution >= 4 is 9.90 Å². The van der Waals surface area contributed by atoms with E-state index in [1.165, 1.54) is 0 Å². The highest BCUT2D eigenvalue weighted by atomic mass is 31.0. The van der Waals surface area contributed by atoms with E-state index in [-0.39, 0.29) is 9.90 Å². The Labute approximate surface area is 54.5 Å². The van der Waals surface area contributed by atoms with E-state index in [4.69, 9.17) is 0 Å². The molecule has 0 rings (SSSR count). The molecule has 0 aromatic carbocycles. The Hall–Kier alpha value is -0.130. The first-order valence-electron chi connectivity index (χ1n) is 2.34. The lowest BCUT2D eigenvalue weighted by Gasteiger charge is -1.90. The summed E-state index contributed by atoms with van der Waals surface area (Å²) in [4.78, 5) is 0. The molecule has 1 atom stereocenters. The number of nitrogens with one attached hydrogen (secondary N) is 1. The van der Waals surface area contributed by atoms with Crippen molar-refractivity contribution in [2.24, 2.45) is 0 Å². The van der Waals surface area contributed by atoms with E-state index in [1.807, 2.05) is 12.2 Å². The van der Waals surface area contributed by atoms with Gasteiger partial charge in [0.25, 0.3) is 0 Å². The van der Waals surface area contributed by atoms with Crippen LogP contribution in [0.5, 0.6) is 0 Å². The monoisotopic (exact) mass is 131 g/mol. The summed E-state index contributed by atoms with van der Waals surface area (Å²) in [7, 11) is 0. The Bertz CT molecular complexity index is 53.5. The molecule has 0 heterocycles. The van der Waals surface area contributed by atoms with Crippen LogP contribution in [0, 0.1) is 0 Å². The molecule has 2 heteroatoms. The van der Waals surface area contributed by atoms with Crippen molar-refractivity contribution in [2.45, 2.75) is 0 Å². The SMILES string of the molecule is C=CCNCC=C.P. The van der Waals surface area contributed by atoms with Crippen LogP contribution in [0.15, 0.2) is 25.3 Å². The van der Waals surface area contributed by atoms with Crippen LogP contribution >= 0.6 is 9.90 Å². The molecule has 0 amide bonds. The molecule has 0 aliphatic rings. The minimum absolute atomic E-state index is 0. The maximum Gasteiger partial charge on any atom is 0.0135 e. The zero-order valence-corrected chi connectivity index (χ0v) is 6.60. The highest BCUT2D eigenvalue weighted by Crippen LogP contribution is 1.59. The summed E-state index contributed by atoms with van der Waals surface area (Å²) < 4.78 is 0. The second-order valence-corrected chi connectivity index (χ2v) is 1.24. The molecule has 0 saturated heterocycles. The number of hydrogen-bond acceptors (Lipinski definition) is 1. The summed E-state index contributed by atoms with van der Waals surface area (Å²) >= 11 is 0. The van der Waals surface area contributed by atoms with Crippen LogP contribution in [-0.2, 0) is 0 Å². The normalized spacial score (nSPS) is 7.00. The standard InChI is InChI=1S/C6H11N.H3P/c1-3-5-7-6-4-2;/h3-4,7H,1-2,5-6H2;1H3. The smallest absolute Gasteiger partial charge is 0.0135 e. The molecule has 1 N–H and O–H groups in total. The highest BCUT2D eigenvalue weighted by molar-refractivity contribution is 6.92. The van der Waals surface area contributed by atoms with E-state index in [9.17, 15) is 0 Å². The summed E-state index contributed by atoms with van der Waals surface area (Å²) in [6.07, 6.45) is 3.65. The van der Waals surface area contributed by atoms with Crippen molar-refractivity contribution in [2.75, 3.05) is 13.1 Å². The lowest BCUT2D eigenvalue weighted by atomic mass is 10.5. The Morgan fingerprint density at radius 3 is 1.75 bits per heavy atom. The second kappa shape index (κ2) is 9.98. The van der Waals surface area contributed by atoms with Gasteiger partial charge in [-0.3, -0.25) is 0 Å². The molecule has 48 valence electrons. The lowest BCUT2D eigenvalue weighted by molar-refractivity contribution is 0.845. The van der Waals surface area contributed by atoms with Crippen molar-refractivity contribution in [3.05, 3.63) is 25.3 Å². The molecule has 1 unspecified atom stereocenters. The summed E-state index contributed by atoms with van der Waals surface area (Å²) in [6.45, 7) is 8.81. The third kappa shape index (κ3) is 9.30. The molecule has 0 fully saturated rings. The van der Waals surface area contributed by atoms with E-state index in [1.54, 1.807) is 0 Å². The van der Waals surface area contributed by atoms with Crippen LogP contribution in [0.4, 0.5) is 0 Å². The van der Waals surface area contributed by atoms with Crippen molar-refractivity contribution < 1.29 is 0 Å². The Balaban J connectivity index is 0. The zero-order valence-electron chi connectivity index (χ0n) is 5.19. The molecule has 0 aromatic heterocycles. The average molecular weight is 131 g/mol. The molecule has 0 saturated carbocycles. The van der Waals surface area contributed by atoms with Crippen LogP contribution in [0.3, 0.4) is 0 Å². The summed E-state index contributed by atoms with van der Waals surface area (Å²) in [5.74, 6) is 0. The topological polar surface area (TPSA) is 12.0 Å². The van der Waals surface area contributed by atoms with Gasteiger partial charge in [0.05, 0.1) is 0 Å². The van der Waals surface area contributed by atoms with E-state index < -0.39 is 0 Å². The Morgan fingerprint density at radius 1 is 1.12 bits per heavy atom. The van der Waals surface area contributed by atoms with Crippen LogP contribution in [0.25, 0.3) is 0 Å². The van der Waals surface area contributed by atoms with E-state index in [2.05, 4.69) is 18.5 Å². The van der Waals surface area contributed by atoms with Gasteiger partial charge < -0.3 is 5.32 Å². The predicted octanol–water partition coefficient (Wildman–Crippen LogP) is 1.01. The fourth-order valence-electron chi connectivity index (χ4n) is 0.287. The molecule has 0 radical (unpaired) electrons. The molecule has 1 nitrogen and oxygen atoms in total. The van der Waals surface area contributed by atoms with Crippen LogP contribution in [-0.4, -0.2) is 13.1 Å². The van der Waals surface area contributed by atoms with E-state index >= 15 is 0 Å². The molecular formula is C6H14NP. The minimum atomic E-state index is 0. The van der Waals surface area contributed by atoms with Gasteiger partial charge in [-0.25, -0.2) is 0 Å². The van der Waals surface area contributed by atoms with Crippen LogP contribution < -0.4 is 5.32 Å². The van der Waals surface area contributed by atoms with Crippen LogP contribution in [0.1, 0.15) is 0 Å². The number of rotatable bonds is 4. The Kier molecular flexibility index (Phi) is 13.4. The summed E-state index contributed by atoms with van der Waals surface area (Å²) in [5.41, 5.74) is 0. The molecule has 8 heavy (non-hydrogen) atoms. The Morgan fingerprint density at radius 2 is 1.50 bits per heavy atom. The summed E-state index contributed by atoms with van der Waals surface area (Å²) in [5, 5.41) is 3.05. The zero-order chi connectivity index (χ0) is 5.54. The molecule has 0 bridgehead atoms. The third-order valence-corrected chi connectivity index (χ3v) is 0.577. The van der Waals surface area contributed by atoms with Gasteiger partial charge in [0.1, 0.15) is 0 Å². The van der Waals surface area contributed by atoms with E-state index in [0.717, 1.165) is 13.1 Å². The predicted molar refractivity (Wildman–Crippen MR) is 44.4 cm³/mol. The van der Waals surface area contributed by atoms with Crippen molar-refractivity contribution in [1.29, 1.82) is 0 Å². The number of hydrogen-bond donors (Lipinski definition) is 1. The maximum absolute atomic E-state index is 3.54. The molecule has 0 aliphatic carbocycles. The van der Waals surface area contributed by atoms with Gasteiger partial charge >= 0.3 is 0 Å². The maximum atomic E-state index is 3.54. The van der Waals surface area contributed by atoms with Gasteiger partial charge in [-0.05, 0) is 0 Å². The average Bonchev–Trinajstić information content (AvgIpc) is 1.69. The molecule has 0 spiro atoms. The fraction of sp³-hybridized carbons (Fsp3) is 0.333. The van der Waals surface area contributed by atoms with Gasteiger partial charge in [0, 0.05) is 13.1 Å². The third-order valence-electron chi connectivity index (χ3n) is 0.577. The largest absolute Gasteiger partial charge is 0.310 e. The van der Waals surface area contributed by atoms with Crippen molar-refractivity contribution in [1.82, 2.24) is 5.32 Å². The first kappa shape index (κ1) is 10.8. The molecule has 0 aliphatic heterocycles.